The summed E-state index contributed by atoms with van der Waals surface area (Å²) in [5, 5.41) is 12.3. The van der Waals surface area contributed by atoms with Crippen LogP contribution in [0, 0.1) is 0 Å². The molecule has 120 valence electrons. The van der Waals surface area contributed by atoms with Gasteiger partial charge >= 0.3 is 6.03 Å². The summed E-state index contributed by atoms with van der Waals surface area (Å²) in [5.41, 5.74) is 2.85. The lowest BCUT2D eigenvalue weighted by molar-refractivity contribution is 0.155. The van der Waals surface area contributed by atoms with Gasteiger partial charge in [-0.2, -0.15) is 0 Å². The van der Waals surface area contributed by atoms with Gasteiger partial charge < -0.3 is 15.3 Å². The number of amides is 2. The van der Waals surface area contributed by atoms with E-state index in [-0.39, 0.29) is 18.7 Å². The van der Waals surface area contributed by atoms with Crippen molar-refractivity contribution in [2.75, 3.05) is 32.8 Å². The molecule has 0 aliphatic carbocycles. The minimum atomic E-state index is -0.0334. The number of nitrogens with zero attached hydrogens (tertiary/aromatic N) is 2. The fourth-order valence-electron chi connectivity index (χ4n) is 3.46. The van der Waals surface area contributed by atoms with Gasteiger partial charge in [0.25, 0.3) is 0 Å². The molecule has 0 saturated carbocycles. The fraction of sp³-hybridized carbons (Fsp3) is 0.588. The van der Waals surface area contributed by atoms with E-state index in [1.165, 1.54) is 11.1 Å². The van der Waals surface area contributed by atoms with Crippen molar-refractivity contribution in [1.29, 1.82) is 0 Å². The Hall–Kier alpha value is -1.59. The maximum absolute atomic E-state index is 12.1. The van der Waals surface area contributed by atoms with E-state index in [9.17, 15) is 9.90 Å². The molecule has 2 N–H and O–H groups in total. The van der Waals surface area contributed by atoms with Gasteiger partial charge in [0.05, 0.1) is 12.6 Å². The SMILES string of the molecule is O=C(NCCN1CCc2ccccc2C1)N1CCC[C@H]1CO. The van der Waals surface area contributed by atoms with E-state index in [4.69, 9.17) is 0 Å². The van der Waals surface area contributed by atoms with Gasteiger partial charge in [0.2, 0.25) is 0 Å². The molecular weight excluding hydrogens is 278 g/mol. The highest BCUT2D eigenvalue weighted by molar-refractivity contribution is 5.74. The number of carbonyl (C=O) groups is 1. The third-order valence-electron chi connectivity index (χ3n) is 4.76. The van der Waals surface area contributed by atoms with Crippen molar-refractivity contribution in [3.05, 3.63) is 35.4 Å². The maximum Gasteiger partial charge on any atom is 0.317 e. The molecule has 2 heterocycles. The number of hydrogen-bond donors (Lipinski definition) is 2. The van der Waals surface area contributed by atoms with Crippen LogP contribution in [-0.2, 0) is 13.0 Å². The zero-order valence-corrected chi connectivity index (χ0v) is 13.0. The lowest BCUT2D eigenvalue weighted by atomic mass is 10.00. The second kappa shape index (κ2) is 7.11. The van der Waals surface area contributed by atoms with Crippen LogP contribution in [0.4, 0.5) is 4.79 Å². The van der Waals surface area contributed by atoms with Gasteiger partial charge in [-0.25, -0.2) is 4.79 Å². The monoisotopic (exact) mass is 303 g/mol. The van der Waals surface area contributed by atoms with Crippen LogP contribution in [0.2, 0.25) is 0 Å². The van der Waals surface area contributed by atoms with Gasteiger partial charge in [-0.1, -0.05) is 24.3 Å². The molecule has 2 aliphatic rings. The first-order valence-electron chi connectivity index (χ1n) is 8.22. The van der Waals surface area contributed by atoms with Crippen molar-refractivity contribution in [2.45, 2.75) is 31.8 Å². The summed E-state index contributed by atoms with van der Waals surface area (Å²) in [6.07, 6.45) is 2.98. The number of nitrogens with one attached hydrogen (secondary N) is 1. The number of benzene rings is 1. The Labute approximate surface area is 131 Å². The van der Waals surface area contributed by atoms with Crippen LogP contribution in [0.15, 0.2) is 24.3 Å². The third-order valence-corrected chi connectivity index (χ3v) is 4.76. The van der Waals surface area contributed by atoms with E-state index in [0.717, 1.165) is 45.4 Å². The standard InChI is InChI=1S/C17H25N3O2/c21-13-16-6-3-9-20(16)17(22)18-8-11-19-10-7-14-4-1-2-5-15(14)12-19/h1-2,4-5,16,21H,3,6-13H2,(H,18,22)/t16-/m0/s1. The lowest BCUT2D eigenvalue weighted by Gasteiger charge is -2.29. The van der Waals surface area contributed by atoms with Crippen LogP contribution in [0.3, 0.4) is 0 Å². The molecule has 5 nitrogen and oxygen atoms in total. The predicted octanol–water partition coefficient (Wildman–Crippen LogP) is 1.21. The quantitative estimate of drug-likeness (QED) is 0.879. The van der Waals surface area contributed by atoms with Gasteiger partial charge in [0, 0.05) is 32.7 Å². The summed E-state index contributed by atoms with van der Waals surface area (Å²) in [7, 11) is 0. The van der Waals surface area contributed by atoms with Crippen molar-refractivity contribution >= 4 is 6.03 Å². The van der Waals surface area contributed by atoms with Crippen molar-refractivity contribution in [1.82, 2.24) is 15.1 Å². The number of rotatable bonds is 4. The summed E-state index contributed by atoms with van der Waals surface area (Å²) in [6.45, 7) is 4.38. The zero-order chi connectivity index (χ0) is 15.4. The van der Waals surface area contributed by atoms with Crippen molar-refractivity contribution in [3.63, 3.8) is 0 Å². The highest BCUT2D eigenvalue weighted by atomic mass is 16.3. The molecule has 1 saturated heterocycles. The Bertz CT molecular complexity index is 520. The van der Waals surface area contributed by atoms with Gasteiger partial charge in [-0.05, 0) is 30.4 Å². The Balaban J connectivity index is 1.43. The Morgan fingerprint density at radius 3 is 2.91 bits per heavy atom. The average Bonchev–Trinajstić information content (AvgIpc) is 3.03. The molecule has 5 heteroatoms. The number of fused-ring (bicyclic) bond motifs is 1. The first-order chi connectivity index (χ1) is 10.8. The average molecular weight is 303 g/mol. The predicted molar refractivity (Wildman–Crippen MR) is 85.6 cm³/mol. The molecule has 0 bridgehead atoms. The van der Waals surface area contributed by atoms with E-state index in [1.807, 2.05) is 0 Å². The zero-order valence-electron chi connectivity index (χ0n) is 13.0. The molecule has 1 aromatic carbocycles. The van der Waals surface area contributed by atoms with E-state index in [1.54, 1.807) is 4.90 Å². The second-order valence-corrected chi connectivity index (χ2v) is 6.20. The summed E-state index contributed by atoms with van der Waals surface area (Å²) in [6, 6.07) is 8.55. The van der Waals surface area contributed by atoms with Crippen LogP contribution in [0.1, 0.15) is 24.0 Å². The number of aliphatic hydroxyl groups is 1. The van der Waals surface area contributed by atoms with Gasteiger partial charge in [0.1, 0.15) is 0 Å². The smallest absolute Gasteiger partial charge is 0.317 e. The molecule has 2 aliphatic heterocycles. The summed E-state index contributed by atoms with van der Waals surface area (Å²) >= 11 is 0. The van der Waals surface area contributed by atoms with Crippen molar-refractivity contribution in [3.8, 4) is 0 Å². The van der Waals surface area contributed by atoms with Crippen LogP contribution >= 0.6 is 0 Å². The molecule has 1 atom stereocenters. The van der Waals surface area contributed by atoms with E-state index >= 15 is 0 Å². The van der Waals surface area contributed by atoms with E-state index < -0.39 is 0 Å². The molecular formula is C17H25N3O2. The Morgan fingerprint density at radius 2 is 2.09 bits per heavy atom. The van der Waals surface area contributed by atoms with Crippen molar-refractivity contribution in [2.24, 2.45) is 0 Å². The third kappa shape index (κ3) is 3.42. The number of carbonyl (C=O) groups excluding carboxylic acids is 1. The Morgan fingerprint density at radius 1 is 1.27 bits per heavy atom. The molecule has 0 radical (unpaired) electrons. The highest BCUT2D eigenvalue weighted by Gasteiger charge is 2.27. The minimum Gasteiger partial charge on any atom is -0.394 e. The number of hydrogen-bond acceptors (Lipinski definition) is 3. The molecule has 2 amide bonds. The number of likely N-dealkylation sites (tertiary alicyclic amines) is 1. The second-order valence-electron chi connectivity index (χ2n) is 6.20. The van der Waals surface area contributed by atoms with Crippen molar-refractivity contribution < 1.29 is 9.90 Å². The summed E-state index contributed by atoms with van der Waals surface area (Å²) < 4.78 is 0. The van der Waals surface area contributed by atoms with Gasteiger partial charge in [-0.15, -0.1) is 0 Å². The molecule has 0 spiro atoms. The topological polar surface area (TPSA) is 55.8 Å². The summed E-state index contributed by atoms with van der Waals surface area (Å²) in [5.74, 6) is 0. The lowest BCUT2D eigenvalue weighted by Crippen LogP contribution is -2.46. The maximum atomic E-state index is 12.1. The normalized spacial score (nSPS) is 21.7. The molecule has 3 rings (SSSR count). The number of urea groups is 1. The van der Waals surface area contributed by atoms with Crippen LogP contribution in [-0.4, -0.2) is 59.8 Å². The number of aliphatic hydroxyl groups excluding tert-OH is 1. The fourth-order valence-corrected chi connectivity index (χ4v) is 3.46. The molecule has 0 aromatic heterocycles. The highest BCUT2D eigenvalue weighted by Crippen LogP contribution is 2.18. The van der Waals surface area contributed by atoms with Crippen LogP contribution in [0.25, 0.3) is 0 Å². The molecule has 1 fully saturated rings. The minimum absolute atomic E-state index is 0.00173. The van der Waals surface area contributed by atoms with E-state index in [2.05, 4.69) is 34.5 Å². The Kier molecular flexibility index (Phi) is 4.95. The van der Waals surface area contributed by atoms with Gasteiger partial charge in [0.15, 0.2) is 0 Å². The first-order valence-corrected chi connectivity index (χ1v) is 8.22. The molecule has 0 unspecified atom stereocenters. The van der Waals surface area contributed by atoms with Crippen LogP contribution in [0.5, 0.6) is 0 Å². The first kappa shape index (κ1) is 15.3. The van der Waals surface area contributed by atoms with Gasteiger partial charge in [-0.3, -0.25) is 4.90 Å². The summed E-state index contributed by atoms with van der Waals surface area (Å²) in [4.78, 5) is 16.3. The molecule has 1 aromatic rings. The molecule has 22 heavy (non-hydrogen) atoms. The largest absolute Gasteiger partial charge is 0.394 e. The van der Waals surface area contributed by atoms with Crippen LogP contribution < -0.4 is 5.32 Å². The van der Waals surface area contributed by atoms with E-state index in [0.29, 0.717) is 6.54 Å².